The van der Waals surface area contributed by atoms with Crippen LogP contribution in [0.3, 0.4) is 0 Å². The van der Waals surface area contributed by atoms with Crippen molar-refractivity contribution >= 4 is 5.78 Å². The van der Waals surface area contributed by atoms with Crippen LogP contribution < -0.4 is 0 Å². The minimum Gasteiger partial charge on any atom is -0.373 e. The molecule has 0 radical (unpaired) electrons. The molecule has 5 nitrogen and oxygen atoms in total. The molecular formula is C11H16N2O3. The topological polar surface area (TPSA) is 65.2 Å². The molecular weight excluding hydrogens is 208 g/mol. The first-order valence-electron chi connectivity index (χ1n) is 5.71. The SMILES string of the molecule is CCCOCc1noc(CC(=O)C2CC2)n1. The Bertz CT molecular complexity index is 358. The number of ketones is 1. The van der Waals surface area contributed by atoms with E-state index in [4.69, 9.17) is 9.26 Å². The first-order chi connectivity index (χ1) is 7.79. The number of carbonyl (C=O) groups excluding carboxylic acids is 1. The fraction of sp³-hybridized carbons (Fsp3) is 0.727. The Balaban J connectivity index is 1.79. The van der Waals surface area contributed by atoms with Crippen molar-refractivity contribution in [1.82, 2.24) is 10.1 Å². The summed E-state index contributed by atoms with van der Waals surface area (Å²) in [7, 11) is 0. The standard InChI is InChI=1S/C11H16N2O3/c1-2-5-15-7-10-12-11(16-13-10)6-9(14)8-3-4-8/h8H,2-7H2,1H3. The third-order valence-corrected chi connectivity index (χ3v) is 2.45. The minimum atomic E-state index is 0.213. The molecule has 0 unspecified atom stereocenters. The van der Waals surface area contributed by atoms with Gasteiger partial charge in [0.25, 0.3) is 0 Å². The molecule has 0 aromatic carbocycles. The van der Waals surface area contributed by atoms with Crippen molar-refractivity contribution in [2.45, 2.75) is 39.2 Å². The van der Waals surface area contributed by atoms with E-state index in [1.165, 1.54) is 0 Å². The van der Waals surface area contributed by atoms with E-state index in [2.05, 4.69) is 10.1 Å². The predicted octanol–water partition coefficient (Wildman–Crippen LogP) is 1.52. The molecule has 88 valence electrons. The number of rotatable bonds is 7. The highest BCUT2D eigenvalue weighted by atomic mass is 16.5. The number of Topliss-reactive ketones (excluding diaryl/α,β-unsaturated/α-hetero) is 1. The average Bonchev–Trinajstić information content (AvgIpc) is 3.03. The van der Waals surface area contributed by atoms with Gasteiger partial charge in [0.05, 0.1) is 6.42 Å². The normalized spacial score (nSPS) is 15.3. The van der Waals surface area contributed by atoms with Crippen molar-refractivity contribution in [1.29, 1.82) is 0 Å². The third kappa shape index (κ3) is 3.13. The quantitative estimate of drug-likeness (QED) is 0.657. The fourth-order valence-corrected chi connectivity index (χ4v) is 1.43. The zero-order chi connectivity index (χ0) is 11.4. The Morgan fingerprint density at radius 3 is 3.06 bits per heavy atom. The Kier molecular flexibility index (Phi) is 3.66. The summed E-state index contributed by atoms with van der Waals surface area (Å²) in [6.45, 7) is 3.08. The van der Waals surface area contributed by atoms with Crippen LogP contribution in [0, 0.1) is 5.92 Å². The van der Waals surface area contributed by atoms with Gasteiger partial charge in [0.2, 0.25) is 5.89 Å². The molecule has 0 spiro atoms. The van der Waals surface area contributed by atoms with Crippen LogP contribution in [0.25, 0.3) is 0 Å². The molecule has 5 heteroatoms. The molecule has 0 atom stereocenters. The number of carbonyl (C=O) groups is 1. The van der Waals surface area contributed by atoms with E-state index in [-0.39, 0.29) is 18.1 Å². The monoisotopic (exact) mass is 224 g/mol. The number of ether oxygens (including phenoxy) is 1. The number of hydrogen-bond acceptors (Lipinski definition) is 5. The van der Waals surface area contributed by atoms with E-state index in [0.717, 1.165) is 19.3 Å². The van der Waals surface area contributed by atoms with E-state index < -0.39 is 0 Å². The van der Waals surface area contributed by atoms with Crippen molar-refractivity contribution in [2.75, 3.05) is 6.61 Å². The van der Waals surface area contributed by atoms with Gasteiger partial charge in [-0.05, 0) is 19.3 Å². The minimum absolute atomic E-state index is 0.213. The summed E-state index contributed by atoms with van der Waals surface area (Å²) in [5.41, 5.74) is 0. The first-order valence-corrected chi connectivity index (χ1v) is 5.71. The second kappa shape index (κ2) is 5.21. The molecule has 1 fully saturated rings. The van der Waals surface area contributed by atoms with Crippen molar-refractivity contribution in [3.05, 3.63) is 11.7 Å². The summed E-state index contributed by atoms with van der Waals surface area (Å²) < 4.78 is 10.3. The molecule has 0 N–H and O–H groups in total. The van der Waals surface area contributed by atoms with Gasteiger partial charge in [-0.3, -0.25) is 4.79 Å². The molecule has 2 rings (SSSR count). The molecule has 1 aromatic heterocycles. The van der Waals surface area contributed by atoms with Crippen molar-refractivity contribution < 1.29 is 14.1 Å². The van der Waals surface area contributed by atoms with Crippen molar-refractivity contribution in [3.8, 4) is 0 Å². The van der Waals surface area contributed by atoms with Crippen molar-refractivity contribution in [2.24, 2.45) is 5.92 Å². The van der Waals surface area contributed by atoms with Gasteiger partial charge >= 0.3 is 0 Å². The van der Waals surface area contributed by atoms with Crippen LogP contribution >= 0.6 is 0 Å². The lowest BCUT2D eigenvalue weighted by Gasteiger charge is -1.95. The molecule has 1 saturated carbocycles. The predicted molar refractivity (Wildman–Crippen MR) is 55.7 cm³/mol. The highest BCUT2D eigenvalue weighted by Crippen LogP contribution is 2.30. The zero-order valence-electron chi connectivity index (χ0n) is 9.44. The van der Waals surface area contributed by atoms with Crippen LogP contribution in [-0.4, -0.2) is 22.5 Å². The van der Waals surface area contributed by atoms with E-state index >= 15 is 0 Å². The lowest BCUT2D eigenvalue weighted by atomic mass is 10.2. The van der Waals surface area contributed by atoms with Crippen LogP contribution in [-0.2, 0) is 22.6 Å². The zero-order valence-corrected chi connectivity index (χ0v) is 9.44. The van der Waals surface area contributed by atoms with E-state index in [1.807, 2.05) is 6.92 Å². The highest BCUT2D eigenvalue weighted by molar-refractivity contribution is 5.84. The molecule has 0 saturated heterocycles. The van der Waals surface area contributed by atoms with E-state index in [1.54, 1.807) is 0 Å². The van der Waals surface area contributed by atoms with Crippen molar-refractivity contribution in [3.63, 3.8) is 0 Å². The lowest BCUT2D eigenvalue weighted by molar-refractivity contribution is -0.119. The molecule has 1 aliphatic carbocycles. The second-order valence-electron chi connectivity index (χ2n) is 4.07. The smallest absolute Gasteiger partial charge is 0.234 e. The van der Waals surface area contributed by atoms with Gasteiger partial charge in [-0.2, -0.15) is 4.98 Å². The molecule has 1 heterocycles. The van der Waals surface area contributed by atoms with Gasteiger partial charge < -0.3 is 9.26 Å². The van der Waals surface area contributed by atoms with Gasteiger partial charge in [-0.1, -0.05) is 12.1 Å². The molecule has 1 aliphatic rings. The molecule has 16 heavy (non-hydrogen) atoms. The maximum atomic E-state index is 11.5. The van der Waals surface area contributed by atoms with Crippen LogP contribution in [0.2, 0.25) is 0 Å². The Morgan fingerprint density at radius 1 is 1.56 bits per heavy atom. The van der Waals surface area contributed by atoms with Gasteiger partial charge in [0.1, 0.15) is 12.4 Å². The highest BCUT2D eigenvalue weighted by Gasteiger charge is 2.30. The molecule has 0 amide bonds. The van der Waals surface area contributed by atoms with Crippen LogP contribution in [0.4, 0.5) is 0 Å². The average molecular weight is 224 g/mol. The molecule has 1 aromatic rings. The summed E-state index contributed by atoms with van der Waals surface area (Å²) in [5, 5.41) is 3.76. The summed E-state index contributed by atoms with van der Waals surface area (Å²) in [6, 6.07) is 0. The van der Waals surface area contributed by atoms with Gasteiger partial charge in [-0.15, -0.1) is 0 Å². The molecule has 0 aliphatic heterocycles. The Hall–Kier alpha value is -1.23. The number of hydrogen-bond donors (Lipinski definition) is 0. The Morgan fingerprint density at radius 2 is 2.38 bits per heavy atom. The number of aromatic nitrogens is 2. The molecule has 0 bridgehead atoms. The van der Waals surface area contributed by atoms with Gasteiger partial charge in [-0.25, -0.2) is 0 Å². The number of nitrogens with zero attached hydrogens (tertiary/aromatic N) is 2. The summed E-state index contributed by atoms with van der Waals surface area (Å²) in [6.07, 6.45) is 3.26. The first kappa shape index (κ1) is 11.3. The fourth-order valence-electron chi connectivity index (χ4n) is 1.43. The maximum absolute atomic E-state index is 11.5. The largest absolute Gasteiger partial charge is 0.373 e. The van der Waals surface area contributed by atoms with Gasteiger partial charge in [0, 0.05) is 12.5 Å². The van der Waals surface area contributed by atoms with E-state index in [0.29, 0.717) is 24.9 Å². The summed E-state index contributed by atoms with van der Waals surface area (Å²) in [5.74, 6) is 1.38. The Labute approximate surface area is 94.2 Å². The second-order valence-corrected chi connectivity index (χ2v) is 4.07. The van der Waals surface area contributed by atoms with Gasteiger partial charge in [0.15, 0.2) is 5.82 Å². The lowest BCUT2D eigenvalue weighted by Crippen LogP contribution is -2.05. The van der Waals surface area contributed by atoms with Crippen LogP contribution in [0.5, 0.6) is 0 Å². The van der Waals surface area contributed by atoms with Crippen LogP contribution in [0.1, 0.15) is 37.9 Å². The van der Waals surface area contributed by atoms with E-state index in [9.17, 15) is 4.79 Å². The van der Waals surface area contributed by atoms with Crippen LogP contribution in [0.15, 0.2) is 4.52 Å². The third-order valence-electron chi connectivity index (χ3n) is 2.45. The maximum Gasteiger partial charge on any atom is 0.234 e. The summed E-state index contributed by atoms with van der Waals surface area (Å²) in [4.78, 5) is 15.6. The summed E-state index contributed by atoms with van der Waals surface area (Å²) >= 11 is 0.